The maximum Gasteiger partial charge on any atom is 0.231 e. The Labute approximate surface area is 114 Å². The highest BCUT2D eigenvalue weighted by Crippen LogP contribution is 2.39. The van der Waals surface area contributed by atoms with E-state index in [-0.39, 0.29) is 6.10 Å². The maximum atomic E-state index is 5.71. The Morgan fingerprint density at radius 1 is 1.42 bits per heavy atom. The molecule has 0 aromatic carbocycles. The van der Waals surface area contributed by atoms with Crippen molar-refractivity contribution in [1.29, 1.82) is 0 Å². The van der Waals surface area contributed by atoms with Crippen LogP contribution in [0, 0.1) is 0 Å². The number of nitrogens with zero attached hydrogens (tertiary/aromatic N) is 2. The summed E-state index contributed by atoms with van der Waals surface area (Å²) in [5, 5.41) is 7.75. The molecule has 5 heteroatoms. The molecule has 106 valence electrons. The quantitative estimate of drug-likeness (QED) is 0.856. The minimum Gasteiger partial charge on any atom is -0.370 e. The van der Waals surface area contributed by atoms with E-state index in [0.717, 1.165) is 31.0 Å². The number of fused-ring (bicyclic) bond motifs is 2. The highest BCUT2D eigenvalue weighted by atomic mass is 16.5. The minimum atomic E-state index is -0.0148. The summed E-state index contributed by atoms with van der Waals surface area (Å²) in [6.07, 6.45) is 5.65. The smallest absolute Gasteiger partial charge is 0.231 e. The summed E-state index contributed by atoms with van der Waals surface area (Å²) in [4.78, 5) is 4.61. The van der Waals surface area contributed by atoms with Crippen molar-refractivity contribution in [2.45, 2.75) is 70.1 Å². The highest BCUT2D eigenvalue weighted by molar-refractivity contribution is 5.10. The van der Waals surface area contributed by atoms with Crippen molar-refractivity contribution in [3.63, 3.8) is 0 Å². The van der Waals surface area contributed by atoms with Crippen LogP contribution in [0.3, 0.4) is 0 Å². The van der Waals surface area contributed by atoms with E-state index in [9.17, 15) is 0 Å². The Kier molecular flexibility index (Phi) is 3.84. The molecule has 0 spiro atoms. The summed E-state index contributed by atoms with van der Waals surface area (Å²) in [6, 6.07) is 1.19. The van der Waals surface area contributed by atoms with Crippen LogP contribution in [0.15, 0.2) is 4.52 Å². The normalized spacial score (nSPS) is 30.9. The first kappa shape index (κ1) is 13.1. The second-order valence-electron chi connectivity index (χ2n) is 5.61. The SMILES string of the molecule is CCCC(OCC)c1noc(C2CC3CCC2N3)n1. The molecule has 1 aromatic heterocycles. The lowest BCUT2D eigenvalue weighted by Crippen LogP contribution is -2.21. The van der Waals surface area contributed by atoms with Crippen molar-refractivity contribution in [3.8, 4) is 0 Å². The van der Waals surface area contributed by atoms with Gasteiger partial charge in [0.15, 0.2) is 0 Å². The zero-order chi connectivity index (χ0) is 13.2. The minimum absolute atomic E-state index is 0.0148. The van der Waals surface area contributed by atoms with Crippen LogP contribution in [0.1, 0.15) is 69.7 Å². The lowest BCUT2D eigenvalue weighted by molar-refractivity contribution is 0.0477. The molecular formula is C14H23N3O2. The van der Waals surface area contributed by atoms with Gasteiger partial charge >= 0.3 is 0 Å². The molecule has 2 bridgehead atoms. The standard InChI is InChI=1S/C14H23N3O2/c1-3-5-12(18-4-2)13-16-14(19-17-13)10-8-9-6-7-11(10)15-9/h9-12,15H,3-8H2,1-2H3. The van der Waals surface area contributed by atoms with Crippen LogP contribution in [0.4, 0.5) is 0 Å². The first-order valence-electron chi connectivity index (χ1n) is 7.53. The summed E-state index contributed by atoms with van der Waals surface area (Å²) >= 11 is 0. The monoisotopic (exact) mass is 265 g/mol. The van der Waals surface area contributed by atoms with Crippen molar-refractivity contribution in [2.75, 3.05) is 6.61 Å². The molecule has 3 heterocycles. The third-order valence-electron chi connectivity index (χ3n) is 4.28. The third-order valence-corrected chi connectivity index (χ3v) is 4.28. The van der Waals surface area contributed by atoms with Gasteiger partial charge in [0.2, 0.25) is 11.7 Å². The van der Waals surface area contributed by atoms with Gasteiger partial charge in [-0.15, -0.1) is 0 Å². The lowest BCUT2D eigenvalue weighted by atomic mass is 9.89. The van der Waals surface area contributed by atoms with E-state index >= 15 is 0 Å². The van der Waals surface area contributed by atoms with Gasteiger partial charge in [-0.05, 0) is 32.6 Å². The van der Waals surface area contributed by atoms with Crippen LogP contribution in [0.25, 0.3) is 0 Å². The Bertz CT molecular complexity index is 415. The maximum absolute atomic E-state index is 5.71. The Balaban J connectivity index is 1.71. The van der Waals surface area contributed by atoms with E-state index in [1.54, 1.807) is 0 Å². The lowest BCUT2D eigenvalue weighted by Gasteiger charge is -2.15. The molecule has 19 heavy (non-hydrogen) atoms. The first-order chi connectivity index (χ1) is 9.31. The van der Waals surface area contributed by atoms with Crippen LogP contribution < -0.4 is 5.32 Å². The fourth-order valence-electron chi connectivity index (χ4n) is 3.38. The van der Waals surface area contributed by atoms with Crippen LogP contribution >= 0.6 is 0 Å². The molecule has 1 aromatic rings. The van der Waals surface area contributed by atoms with E-state index in [1.807, 2.05) is 6.92 Å². The van der Waals surface area contributed by atoms with E-state index in [1.165, 1.54) is 12.8 Å². The van der Waals surface area contributed by atoms with Crippen LogP contribution in [0.2, 0.25) is 0 Å². The van der Waals surface area contributed by atoms with Gasteiger partial charge in [-0.3, -0.25) is 0 Å². The third kappa shape index (κ3) is 2.54. The molecule has 5 nitrogen and oxygen atoms in total. The highest BCUT2D eigenvalue weighted by Gasteiger charge is 2.42. The molecule has 0 radical (unpaired) electrons. The van der Waals surface area contributed by atoms with Crippen LogP contribution in [-0.4, -0.2) is 28.8 Å². The molecular weight excluding hydrogens is 242 g/mol. The number of hydrogen-bond donors (Lipinski definition) is 1. The fraction of sp³-hybridized carbons (Fsp3) is 0.857. The van der Waals surface area contributed by atoms with E-state index in [0.29, 0.717) is 24.6 Å². The summed E-state index contributed by atoms with van der Waals surface area (Å²) in [7, 11) is 0. The number of hydrogen-bond acceptors (Lipinski definition) is 5. The number of ether oxygens (including phenoxy) is 1. The predicted molar refractivity (Wildman–Crippen MR) is 70.9 cm³/mol. The van der Waals surface area contributed by atoms with Crippen LogP contribution in [-0.2, 0) is 4.74 Å². The number of rotatable bonds is 6. The molecule has 2 aliphatic heterocycles. The van der Waals surface area contributed by atoms with Crippen molar-refractivity contribution in [1.82, 2.24) is 15.5 Å². The van der Waals surface area contributed by atoms with E-state index in [2.05, 4.69) is 22.4 Å². The van der Waals surface area contributed by atoms with Crippen molar-refractivity contribution >= 4 is 0 Å². The number of nitrogens with one attached hydrogen (secondary N) is 1. The topological polar surface area (TPSA) is 60.2 Å². The molecule has 2 aliphatic rings. The van der Waals surface area contributed by atoms with Gasteiger partial charge in [0.05, 0.1) is 5.92 Å². The molecule has 4 atom stereocenters. The summed E-state index contributed by atoms with van der Waals surface area (Å²) in [5.41, 5.74) is 0. The summed E-state index contributed by atoms with van der Waals surface area (Å²) in [5.74, 6) is 1.93. The molecule has 3 rings (SSSR count). The van der Waals surface area contributed by atoms with Gasteiger partial charge in [-0.25, -0.2) is 0 Å². The van der Waals surface area contributed by atoms with Crippen molar-refractivity contribution < 1.29 is 9.26 Å². The predicted octanol–water partition coefficient (Wildman–Crippen LogP) is 2.56. The zero-order valence-corrected chi connectivity index (χ0v) is 11.8. The van der Waals surface area contributed by atoms with Crippen LogP contribution in [0.5, 0.6) is 0 Å². The van der Waals surface area contributed by atoms with E-state index < -0.39 is 0 Å². The summed E-state index contributed by atoms with van der Waals surface area (Å²) in [6.45, 7) is 4.83. The van der Waals surface area contributed by atoms with Gasteiger partial charge in [-0.2, -0.15) is 4.98 Å². The van der Waals surface area contributed by atoms with Crippen molar-refractivity contribution in [2.24, 2.45) is 0 Å². The zero-order valence-electron chi connectivity index (χ0n) is 11.8. The van der Waals surface area contributed by atoms with Gasteiger partial charge in [0.25, 0.3) is 0 Å². The molecule has 2 fully saturated rings. The molecule has 0 aliphatic carbocycles. The Hall–Kier alpha value is -0.940. The van der Waals surface area contributed by atoms with Gasteiger partial charge in [-0.1, -0.05) is 18.5 Å². The first-order valence-corrected chi connectivity index (χ1v) is 7.53. The van der Waals surface area contributed by atoms with Gasteiger partial charge in [0.1, 0.15) is 6.10 Å². The van der Waals surface area contributed by atoms with Crippen molar-refractivity contribution in [3.05, 3.63) is 11.7 Å². The molecule has 1 N–H and O–H groups in total. The average molecular weight is 265 g/mol. The average Bonchev–Trinajstić information content (AvgIpc) is 3.14. The Morgan fingerprint density at radius 3 is 2.95 bits per heavy atom. The molecule has 2 saturated heterocycles. The second-order valence-corrected chi connectivity index (χ2v) is 5.61. The van der Waals surface area contributed by atoms with Gasteiger partial charge < -0.3 is 14.6 Å². The number of aromatic nitrogens is 2. The molecule has 4 unspecified atom stereocenters. The fourth-order valence-corrected chi connectivity index (χ4v) is 3.38. The molecule has 0 amide bonds. The van der Waals surface area contributed by atoms with Gasteiger partial charge in [0, 0.05) is 18.7 Å². The molecule has 0 saturated carbocycles. The Morgan fingerprint density at radius 2 is 2.32 bits per heavy atom. The summed E-state index contributed by atoms with van der Waals surface area (Å²) < 4.78 is 11.2. The largest absolute Gasteiger partial charge is 0.370 e. The van der Waals surface area contributed by atoms with E-state index in [4.69, 9.17) is 9.26 Å². The second kappa shape index (κ2) is 5.59.